The van der Waals surface area contributed by atoms with E-state index in [0.29, 0.717) is 0 Å². The van der Waals surface area contributed by atoms with Crippen LogP contribution in [0.2, 0.25) is 5.02 Å². The third kappa shape index (κ3) is 1.08. The first kappa shape index (κ1) is 7.23. The molecule has 1 aromatic heterocycles. The maximum Gasteiger partial charge on any atom is 0.0615 e. The number of rotatable bonds is 0. The molecule has 0 saturated heterocycles. The number of halogens is 1. The highest BCUT2D eigenvalue weighted by Gasteiger charge is 2.12. The minimum atomic E-state index is 0.932. The summed E-state index contributed by atoms with van der Waals surface area (Å²) in [6, 6.07) is 2.11. The number of nitrogens with zero attached hydrogens (tertiary/aromatic N) is 1. The van der Waals surface area contributed by atoms with E-state index in [0.717, 1.165) is 11.6 Å². The van der Waals surface area contributed by atoms with E-state index >= 15 is 0 Å². The molecule has 0 unspecified atom stereocenters. The lowest BCUT2D eigenvalue weighted by Gasteiger charge is -2.16. The highest BCUT2D eigenvalue weighted by Crippen LogP contribution is 2.25. The largest absolute Gasteiger partial charge is 0.347 e. The van der Waals surface area contributed by atoms with Gasteiger partial charge in [0.05, 0.1) is 5.02 Å². The molecule has 2 heterocycles. The Kier molecular flexibility index (Phi) is 1.68. The first-order valence-corrected chi connectivity index (χ1v) is 4.51. The molecule has 2 heteroatoms. The van der Waals surface area contributed by atoms with Gasteiger partial charge in [-0.1, -0.05) is 11.6 Å². The summed E-state index contributed by atoms with van der Waals surface area (Å²) < 4.78 is 2.34. The first-order chi connectivity index (χ1) is 5.29. The van der Waals surface area contributed by atoms with Crippen molar-refractivity contribution in [2.24, 2.45) is 0 Å². The van der Waals surface area contributed by atoms with Crippen LogP contribution in [0, 0.1) is 6.92 Å². The first-order valence-electron chi connectivity index (χ1n) is 4.13. The van der Waals surface area contributed by atoms with Gasteiger partial charge in [0.1, 0.15) is 0 Å². The summed E-state index contributed by atoms with van der Waals surface area (Å²) in [6.07, 6.45) is 3.83. The van der Waals surface area contributed by atoms with E-state index in [4.69, 9.17) is 11.6 Å². The predicted octanol–water partition coefficient (Wildman–Crippen LogP) is 2.79. The Labute approximate surface area is 72.0 Å². The molecule has 1 aliphatic heterocycles. The fourth-order valence-electron chi connectivity index (χ4n) is 1.77. The topological polar surface area (TPSA) is 4.93 Å². The summed E-state index contributed by atoms with van der Waals surface area (Å²) in [4.78, 5) is 0. The smallest absolute Gasteiger partial charge is 0.0615 e. The Morgan fingerprint density at radius 3 is 3.00 bits per heavy atom. The van der Waals surface area contributed by atoms with Crippen LogP contribution in [0.25, 0.3) is 0 Å². The van der Waals surface area contributed by atoms with Gasteiger partial charge in [0.2, 0.25) is 0 Å². The van der Waals surface area contributed by atoms with E-state index in [1.54, 1.807) is 0 Å². The van der Waals surface area contributed by atoms with Crippen LogP contribution in [-0.4, -0.2) is 4.57 Å². The normalized spacial score (nSPS) is 16.5. The zero-order valence-electron chi connectivity index (χ0n) is 6.73. The van der Waals surface area contributed by atoms with E-state index in [2.05, 4.69) is 17.6 Å². The van der Waals surface area contributed by atoms with Gasteiger partial charge in [0.25, 0.3) is 0 Å². The number of hydrogen-bond acceptors (Lipinski definition) is 0. The van der Waals surface area contributed by atoms with Crippen LogP contribution in [0.3, 0.4) is 0 Å². The van der Waals surface area contributed by atoms with Crippen molar-refractivity contribution < 1.29 is 0 Å². The Hall–Kier alpha value is -0.430. The molecule has 11 heavy (non-hydrogen) atoms. The van der Waals surface area contributed by atoms with Crippen molar-refractivity contribution in [3.8, 4) is 0 Å². The fraction of sp³-hybridized carbons (Fsp3) is 0.556. The minimum absolute atomic E-state index is 0.932. The molecule has 60 valence electrons. The highest BCUT2D eigenvalue weighted by atomic mass is 35.5. The van der Waals surface area contributed by atoms with Gasteiger partial charge in [0.15, 0.2) is 0 Å². The summed E-state index contributed by atoms with van der Waals surface area (Å²) in [5, 5.41) is 0.932. The van der Waals surface area contributed by atoms with Crippen LogP contribution < -0.4 is 0 Å². The zero-order chi connectivity index (χ0) is 7.84. The lowest BCUT2D eigenvalue weighted by atomic mass is 10.1. The van der Waals surface area contributed by atoms with Crippen molar-refractivity contribution >= 4 is 11.6 Å². The Morgan fingerprint density at radius 1 is 1.45 bits per heavy atom. The van der Waals surface area contributed by atoms with E-state index in [1.807, 2.05) is 0 Å². The number of aromatic nitrogens is 1. The molecule has 0 aliphatic carbocycles. The maximum atomic E-state index is 6.00. The summed E-state index contributed by atoms with van der Waals surface area (Å²) in [5.74, 6) is 0. The summed E-state index contributed by atoms with van der Waals surface area (Å²) in [7, 11) is 0. The number of aryl methyl sites for hydroxylation is 1. The third-order valence-electron chi connectivity index (χ3n) is 2.46. The SMILES string of the molecule is Cc1c(Cl)cc2n1CCCC2. The van der Waals surface area contributed by atoms with Crippen molar-refractivity contribution in [3.63, 3.8) is 0 Å². The van der Waals surface area contributed by atoms with Crippen LogP contribution in [0.5, 0.6) is 0 Å². The molecule has 2 rings (SSSR count). The molecule has 1 nitrogen and oxygen atoms in total. The summed E-state index contributed by atoms with van der Waals surface area (Å²) in [6.45, 7) is 3.26. The minimum Gasteiger partial charge on any atom is -0.347 e. The summed E-state index contributed by atoms with van der Waals surface area (Å²) >= 11 is 6.00. The van der Waals surface area contributed by atoms with E-state index in [-0.39, 0.29) is 0 Å². The molecule has 0 fully saturated rings. The van der Waals surface area contributed by atoms with Crippen LogP contribution in [0.4, 0.5) is 0 Å². The molecule has 0 saturated carbocycles. The Bertz CT molecular complexity index is 275. The van der Waals surface area contributed by atoms with Crippen molar-refractivity contribution in [3.05, 3.63) is 22.5 Å². The third-order valence-corrected chi connectivity index (χ3v) is 2.84. The Morgan fingerprint density at radius 2 is 2.27 bits per heavy atom. The van der Waals surface area contributed by atoms with Crippen LogP contribution in [-0.2, 0) is 13.0 Å². The van der Waals surface area contributed by atoms with Gasteiger partial charge in [0, 0.05) is 17.9 Å². The van der Waals surface area contributed by atoms with E-state index < -0.39 is 0 Å². The lowest BCUT2D eigenvalue weighted by molar-refractivity contribution is 0.524. The van der Waals surface area contributed by atoms with E-state index in [1.165, 1.54) is 30.7 Å². The monoisotopic (exact) mass is 169 g/mol. The molecule has 1 aliphatic rings. The van der Waals surface area contributed by atoms with Gasteiger partial charge < -0.3 is 4.57 Å². The molecule has 0 amide bonds. The molecule has 0 N–H and O–H groups in total. The van der Waals surface area contributed by atoms with E-state index in [9.17, 15) is 0 Å². The fourth-order valence-corrected chi connectivity index (χ4v) is 2.00. The summed E-state index contributed by atoms with van der Waals surface area (Å²) in [5.41, 5.74) is 2.65. The van der Waals surface area contributed by atoms with Crippen molar-refractivity contribution in [1.29, 1.82) is 0 Å². The van der Waals surface area contributed by atoms with Gasteiger partial charge in [-0.2, -0.15) is 0 Å². The second kappa shape index (κ2) is 2.56. The van der Waals surface area contributed by atoms with Crippen molar-refractivity contribution in [2.45, 2.75) is 32.7 Å². The molecule has 0 aromatic carbocycles. The van der Waals surface area contributed by atoms with Crippen LogP contribution in [0.15, 0.2) is 6.07 Å². The van der Waals surface area contributed by atoms with Crippen molar-refractivity contribution in [1.82, 2.24) is 4.57 Å². The molecule has 1 aromatic rings. The standard InChI is InChI=1S/C9H12ClN/c1-7-9(10)6-8-4-2-3-5-11(7)8/h6H,2-5H2,1H3. The van der Waals surface area contributed by atoms with Crippen molar-refractivity contribution in [2.75, 3.05) is 0 Å². The lowest BCUT2D eigenvalue weighted by Crippen LogP contribution is -2.10. The highest BCUT2D eigenvalue weighted by molar-refractivity contribution is 6.31. The Balaban J connectivity index is 2.50. The van der Waals surface area contributed by atoms with Gasteiger partial charge >= 0.3 is 0 Å². The molecule has 0 radical (unpaired) electrons. The van der Waals surface area contributed by atoms with Crippen LogP contribution in [0.1, 0.15) is 24.2 Å². The average Bonchev–Trinajstić information content (AvgIpc) is 2.30. The second-order valence-electron chi connectivity index (χ2n) is 3.18. The van der Waals surface area contributed by atoms with Gasteiger partial charge in [-0.3, -0.25) is 0 Å². The maximum absolute atomic E-state index is 6.00. The molecule has 0 spiro atoms. The zero-order valence-corrected chi connectivity index (χ0v) is 7.49. The number of hydrogen-bond donors (Lipinski definition) is 0. The van der Waals surface area contributed by atoms with Gasteiger partial charge in [-0.05, 0) is 32.3 Å². The predicted molar refractivity (Wildman–Crippen MR) is 47.1 cm³/mol. The molecular formula is C9H12ClN. The second-order valence-corrected chi connectivity index (χ2v) is 3.58. The average molecular weight is 170 g/mol. The molecular weight excluding hydrogens is 158 g/mol. The van der Waals surface area contributed by atoms with Gasteiger partial charge in [-0.25, -0.2) is 0 Å². The number of fused-ring (bicyclic) bond motifs is 1. The van der Waals surface area contributed by atoms with Gasteiger partial charge in [-0.15, -0.1) is 0 Å². The molecule has 0 atom stereocenters. The van der Waals surface area contributed by atoms with Crippen LogP contribution >= 0.6 is 11.6 Å². The molecule has 0 bridgehead atoms. The quantitative estimate of drug-likeness (QED) is 0.563.